The van der Waals surface area contributed by atoms with Gasteiger partial charge in [0.25, 0.3) is 11.8 Å². The molecule has 0 atom stereocenters. The Morgan fingerprint density at radius 1 is 0.607 bits per heavy atom. The van der Waals surface area contributed by atoms with Gasteiger partial charge in [-0.15, -0.1) is 0 Å². The minimum absolute atomic E-state index is 0.281. The zero-order chi connectivity index (χ0) is 20.3. The van der Waals surface area contributed by atoms with E-state index in [-0.39, 0.29) is 22.9 Å². The van der Waals surface area contributed by atoms with Gasteiger partial charge in [-0.2, -0.15) is 0 Å². The topological polar surface area (TPSA) is 58.2 Å². The Morgan fingerprint density at radius 3 is 1.36 bits per heavy atom. The maximum atomic E-state index is 12.8. The molecule has 3 aromatic carbocycles. The predicted octanol–water partition coefficient (Wildman–Crippen LogP) is 7.24. The number of benzene rings is 3. The fraction of sp³-hybridized carbons (Fsp3) is 0. The van der Waals surface area contributed by atoms with Gasteiger partial charge in [0.15, 0.2) is 0 Å². The molecule has 0 saturated heterocycles. The summed E-state index contributed by atoms with van der Waals surface area (Å²) in [6.07, 6.45) is 0. The highest BCUT2D eigenvalue weighted by molar-refractivity contribution is 9.11. The van der Waals surface area contributed by atoms with Gasteiger partial charge in [-0.25, -0.2) is 0 Å². The van der Waals surface area contributed by atoms with E-state index in [9.17, 15) is 9.59 Å². The van der Waals surface area contributed by atoms with Crippen LogP contribution in [-0.2, 0) is 0 Å². The van der Waals surface area contributed by atoms with Crippen LogP contribution in [0, 0.1) is 0 Å². The summed E-state index contributed by atoms with van der Waals surface area (Å²) >= 11 is 13.6. The molecule has 0 aromatic heterocycles. The minimum Gasteiger partial charge on any atom is -0.321 e. The average Bonchev–Trinajstić information content (AvgIpc) is 2.66. The summed E-state index contributed by atoms with van der Waals surface area (Å²) in [5, 5.41) is 5.66. The number of hydrogen-bond donors (Lipinski definition) is 2. The minimum atomic E-state index is -0.372. The molecule has 28 heavy (non-hydrogen) atoms. The van der Waals surface area contributed by atoms with E-state index in [1.165, 1.54) is 0 Å². The Morgan fingerprint density at radius 2 is 1.00 bits per heavy atom. The van der Waals surface area contributed by atoms with Crippen molar-refractivity contribution in [1.29, 1.82) is 0 Å². The van der Waals surface area contributed by atoms with E-state index < -0.39 is 0 Å². The third kappa shape index (κ3) is 5.11. The van der Waals surface area contributed by atoms with E-state index in [1.807, 2.05) is 24.3 Å². The fourth-order valence-electron chi connectivity index (χ4n) is 2.44. The summed E-state index contributed by atoms with van der Waals surface area (Å²) in [6.45, 7) is 0. The molecule has 0 unspecified atom stereocenters. The number of rotatable bonds is 4. The summed E-state index contributed by atoms with van der Waals surface area (Å²) in [4.78, 5) is 25.6. The highest BCUT2D eigenvalue weighted by Gasteiger charge is 2.18. The van der Waals surface area contributed by atoms with Crippen molar-refractivity contribution < 1.29 is 9.59 Å². The van der Waals surface area contributed by atoms with Gasteiger partial charge in [0.1, 0.15) is 0 Å². The SMILES string of the molecule is O=C(Nc1ccc(Br)cc1Br)c1ccccc1C(=O)Nc1ccc(Br)cc1Br. The van der Waals surface area contributed by atoms with Gasteiger partial charge in [0, 0.05) is 17.9 Å². The van der Waals surface area contributed by atoms with Crippen LogP contribution in [0.3, 0.4) is 0 Å². The molecule has 0 aliphatic heterocycles. The fourth-order valence-corrected chi connectivity index (χ4v) is 4.73. The van der Waals surface area contributed by atoms with Crippen LogP contribution in [0.2, 0.25) is 0 Å². The Bertz CT molecular complexity index is 985. The molecule has 8 heteroatoms. The Kier molecular flexibility index (Phi) is 7.09. The summed E-state index contributed by atoms with van der Waals surface area (Å²) in [5.74, 6) is -0.743. The molecule has 0 heterocycles. The Hall–Kier alpha value is -1.48. The second-order valence-corrected chi connectivity index (χ2v) is 9.24. The third-order valence-electron chi connectivity index (χ3n) is 3.77. The molecule has 2 N–H and O–H groups in total. The Balaban J connectivity index is 1.85. The molecule has 3 rings (SSSR count). The van der Waals surface area contributed by atoms with E-state index >= 15 is 0 Å². The number of nitrogens with one attached hydrogen (secondary N) is 2. The molecule has 0 aliphatic rings. The van der Waals surface area contributed by atoms with Crippen LogP contribution in [0.25, 0.3) is 0 Å². The van der Waals surface area contributed by atoms with Crippen molar-refractivity contribution in [1.82, 2.24) is 0 Å². The lowest BCUT2D eigenvalue weighted by atomic mass is 10.1. The van der Waals surface area contributed by atoms with Gasteiger partial charge < -0.3 is 10.6 Å². The first-order valence-electron chi connectivity index (χ1n) is 7.97. The van der Waals surface area contributed by atoms with E-state index in [2.05, 4.69) is 74.4 Å². The summed E-state index contributed by atoms with van der Waals surface area (Å²) < 4.78 is 3.24. The van der Waals surface area contributed by atoms with E-state index in [0.717, 1.165) is 17.9 Å². The normalized spacial score (nSPS) is 10.4. The number of amides is 2. The molecule has 0 aliphatic carbocycles. The number of anilines is 2. The molecular formula is C20H12Br4N2O2. The lowest BCUT2D eigenvalue weighted by Gasteiger charge is -2.12. The van der Waals surface area contributed by atoms with Crippen molar-refractivity contribution in [2.45, 2.75) is 0 Å². The number of hydrogen-bond acceptors (Lipinski definition) is 2. The maximum absolute atomic E-state index is 12.8. The van der Waals surface area contributed by atoms with Gasteiger partial charge in [-0.1, -0.05) is 44.0 Å². The van der Waals surface area contributed by atoms with Crippen molar-refractivity contribution in [2.24, 2.45) is 0 Å². The summed E-state index contributed by atoms with van der Waals surface area (Å²) in [6, 6.07) is 17.5. The molecule has 142 valence electrons. The molecule has 0 fully saturated rings. The first kappa shape index (κ1) is 21.2. The molecule has 0 radical (unpaired) electrons. The summed E-state index contributed by atoms with van der Waals surface area (Å²) in [5.41, 5.74) is 1.78. The first-order valence-corrected chi connectivity index (χ1v) is 11.1. The summed E-state index contributed by atoms with van der Waals surface area (Å²) in [7, 11) is 0. The van der Waals surface area contributed by atoms with E-state index in [4.69, 9.17) is 0 Å². The monoisotopic (exact) mass is 628 g/mol. The second kappa shape index (κ2) is 9.35. The number of carbonyl (C=O) groups excluding carboxylic acids is 2. The maximum Gasteiger partial charge on any atom is 0.256 e. The van der Waals surface area contributed by atoms with Gasteiger partial charge in [0.05, 0.1) is 22.5 Å². The molecule has 0 saturated carbocycles. The molecule has 2 amide bonds. The molecule has 4 nitrogen and oxygen atoms in total. The van der Waals surface area contributed by atoms with Crippen molar-refractivity contribution >= 4 is 86.9 Å². The van der Waals surface area contributed by atoms with Gasteiger partial charge in [-0.3, -0.25) is 9.59 Å². The zero-order valence-electron chi connectivity index (χ0n) is 14.1. The van der Waals surface area contributed by atoms with Gasteiger partial charge in [0.2, 0.25) is 0 Å². The Labute approximate surface area is 195 Å². The van der Waals surface area contributed by atoms with Crippen LogP contribution in [-0.4, -0.2) is 11.8 Å². The van der Waals surface area contributed by atoms with Crippen LogP contribution in [0.1, 0.15) is 20.7 Å². The van der Waals surface area contributed by atoms with Crippen LogP contribution in [0.5, 0.6) is 0 Å². The zero-order valence-corrected chi connectivity index (χ0v) is 20.4. The predicted molar refractivity (Wildman–Crippen MR) is 126 cm³/mol. The van der Waals surface area contributed by atoms with E-state index in [0.29, 0.717) is 11.4 Å². The molecule has 3 aromatic rings. The highest BCUT2D eigenvalue weighted by Crippen LogP contribution is 2.28. The third-order valence-corrected chi connectivity index (χ3v) is 6.07. The molecule has 0 spiro atoms. The molecular weight excluding hydrogens is 620 g/mol. The first-order chi connectivity index (χ1) is 13.3. The largest absolute Gasteiger partial charge is 0.321 e. The molecule has 0 bridgehead atoms. The van der Waals surface area contributed by atoms with Crippen LogP contribution >= 0.6 is 63.7 Å². The second-order valence-electron chi connectivity index (χ2n) is 5.70. The smallest absolute Gasteiger partial charge is 0.256 e. The standard InChI is InChI=1S/C20H12Br4N2O2/c21-11-5-7-17(15(23)9-11)25-19(27)13-3-1-2-4-14(13)20(28)26-18-8-6-12(22)10-16(18)24/h1-10H,(H,25,27)(H,26,28). The van der Waals surface area contributed by atoms with Crippen LogP contribution < -0.4 is 10.6 Å². The van der Waals surface area contributed by atoms with Crippen LogP contribution in [0.4, 0.5) is 11.4 Å². The van der Waals surface area contributed by atoms with Crippen molar-refractivity contribution in [3.8, 4) is 0 Å². The van der Waals surface area contributed by atoms with Crippen molar-refractivity contribution in [2.75, 3.05) is 10.6 Å². The van der Waals surface area contributed by atoms with Gasteiger partial charge >= 0.3 is 0 Å². The number of halogens is 4. The van der Waals surface area contributed by atoms with Gasteiger partial charge in [-0.05, 0) is 80.4 Å². The lowest BCUT2D eigenvalue weighted by Crippen LogP contribution is -2.20. The highest BCUT2D eigenvalue weighted by atomic mass is 79.9. The van der Waals surface area contributed by atoms with Crippen molar-refractivity contribution in [3.63, 3.8) is 0 Å². The van der Waals surface area contributed by atoms with E-state index in [1.54, 1.807) is 36.4 Å². The lowest BCUT2D eigenvalue weighted by molar-refractivity contribution is 0.0990. The average molecular weight is 632 g/mol. The quantitative estimate of drug-likeness (QED) is 0.319. The van der Waals surface area contributed by atoms with Crippen molar-refractivity contribution in [3.05, 3.63) is 89.7 Å². The van der Waals surface area contributed by atoms with Crippen LogP contribution in [0.15, 0.2) is 78.6 Å². The number of carbonyl (C=O) groups is 2.